The third kappa shape index (κ3) is 7.00. The van der Waals surface area contributed by atoms with Gasteiger partial charge in [-0.05, 0) is 35.9 Å². The van der Waals surface area contributed by atoms with Crippen LogP contribution in [0.15, 0.2) is 42.5 Å². The maximum absolute atomic E-state index is 14.1. The highest BCUT2D eigenvalue weighted by Gasteiger charge is 2.31. The zero-order chi connectivity index (χ0) is 20.6. The van der Waals surface area contributed by atoms with Crippen molar-refractivity contribution in [1.82, 2.24) is 0 Å². The summed E-state index contributed by atoms with van der Waals surface area (Å²) in [6.07, 6.45) is -4.44. The lowest BCUT2D eigenvalue weighted by molar-refractivity contribution is -0.274. The summed E-state index contributed by atoms with van der Waals surface area (Å²) in [5.41, 5.74) is 0.598. The molecule has 2 aromatic carbocycles. The molecule has 4 nitrogen and oxygen atoms in total. The number of unbranched alkanes of at least 4 members (excludes halogenated alkanes) is 1. The number of benzene rings is 2. The van der Waals surface area contributed by atoms with Crippen LogP contribution in [0.5, 0.6) is 5.75 Å². The minimum Gasteiger partial charge on any atom is -0.406 e. The van der Waals surface area contributed by atoms with Gasteiger partial charge in [0.15, 0.2) is 0 Å². The molecule has 0 unspecified atom stereocenters. The van der Waals surface area contributed by atoms with Crippen molar-refractivity contribution in [2.24, 2.45) is 0 Å². The van der Waals surface area contributed by atoms with Gasteiger partial charge in [0.05, 0.1) is 18.2 Å². The Morgan fingerprint density at radius 1 is 1.14 bits per heavy atom. The molecule has 0 spiro atoms. The van der Waals surface area contributed by atoms with E-state index in [0.29, 0.717) is 12.0 Å². The van der Waals surface area contributed by atoms with E-state index in [9.17, 15) is 22.4 Å². The normalized spacial score (nSPS) is 10.4. The van der Waals surface area contributed by atoms with E-state index >= 15 is 0 Å². The van der Waals surface area contributed by atoms with Crippen molar-refractivity contribution in [2.45, 2.75) is 25.6 Å². The first-order valence-electron chi connectivity index (χ1n) is 8.07. The molecule has 0 aliphatic heterocycles. The van der Waals surface area contributed by atoms with Gasteiger partial charge in [-0.1, -0.05) is 24.0 Å². The summed E-state index contributed by atoms with van der Waals surface area (Å²) in [5.74, 6) is 3.69. The van der Waals surface area contributed by atoms with Gasteiger partial charge in [-0.25, -0.2) is 4.39 Å². The lowest BCUT2D eigenvalue weighted by atomic mass is 10.1. The quantitative estimate of drug-likeness (QED) is 0.463. The fraction of sp³-hybridized carbons (Fsp3) is 0.200. The predicted molar refractivity (Wildman–Crippen MR) is 93.6 cm³/mol. The Morgan fingerprint density at radius 3 is 2.61 bits per heavy atom. The number of rotatable bonds is 5. The average molecular weight is 390 g/mol. The van der Waals surface area contributed by atoms with Crippen LogP contribution in [0.2, 0.25) is 0 Å². The van der Waals surface area contributed by atoms with E-state index in [0.717, 1.165) is 18.2 Å². The summed E-state index contributed by atoms with van der Waals surface area (Å²) < 4.78 is 54.6. The summed E-state index contributed by atoms with van der Waals surface area (Å²) in [5, 5.41) is 10.8. The molecule has 0 fully saturated rings. The van der Waals surface area contributed by atoms with Crippen molar-refractivity contribution >= 4 is 11.6 Å². The highest BCUT2D eigenvalue weighted by Crippen LogP contribution is 2.23. The van der Waals surface area contributed by atoms with Crippen molar-refractivity contribution in [3.63, 3.8) is 0 Å². The molecule has 0 radical (unpaired) electrons. The molecule has 2 rings (SSSR count). The van der Waals surface area contributed by atoms with E-state index in [1.807, 2.05) is 6.07 Å². The Morgan fingerprint density at radius 2 is 1.93 bits per heavy atom. The van der Waals surface area contributed by atoms with Crippen LogP contribution >= 0.6 is 0 Å². The number of alkyl halides is 3. The Hall–Kier alpha value is -3.52. The zero-order valence-corrected chi connectivity index (χ0v) is 14.4. The molecule has 0 aliphatic carbocycles. The summed E-state index contributed by atoms with van der Waals surface area (Å²) in [6, 6.07) is 10.9. The van der Waals surface area contributed by atoms with Crippen molar-refractivity contribution in [3.05, 3.63) is 59.4 Å². The summed E-state index contributed by atoms with van der Waals surface area (Å²) in [7, 11) is 0. The molecule has 28 heavy (non-hydrogen) atoms. The Kier molecular flexibility index (Phi) is 7.00. The van der Waals surface area contributed by atoms with Gasteiger partial charge < -0.3 is 10.1 Å². The van der Waals surface area contributed by atoms with Gasteiger partial charge in [-0.15, -0.1) is 13.2 Å². The molecular formula is C20H14F4N2O2. The number of hydrogen-bond acceptors (Lipinski definition) is 3. The van der Waals surface area contributed by atoms with Crippen LogP contribution in [0.1, 0.15) is 24.0 Å². The largest absolute Gasteiger partial charge is 0.573 e. The van der Waals surface area contributed by atoms with Gasteiger partial charge in [-0.2, -0.15) is 5.26 Å². The first-order chi connectivity index (χ1) is 13.3. The molecular weight excluding hydrogens is 376 g/mol. The molecule has 0 atom stereocenters. The van der Waals surface area contributed by atoms with Crippen LogP contribution in [0.4, 0.5) is 23.2 Å². The SMILES string of the molecule is N#CCCC#Cc1ccc(NC(=O)Cc2cccc(OC(F)(F)F)c2)c(F)c1. The van der Waals surface area contributed by atoms with E-state index in [2.05, 4.69) is 21.9 Å². The Balaban J connectivity index is 2.00. The maximum Gasteiger partial charge on any atom is 0.573 e. The van der Waals surface area contributed by atoms with E-state index in [1.165, 1.54) is 24.3 Å². The molecule has 0 aliphatic rings. The van der Waals surface area contributed by atoms with Crippen LogP contribution in [0, 0.1) is 29.0 Å². The molecule has 2 aromatic rings. The molecule has 1 amide bonds. The van der Waals surface area contributed by atoms with Gasteiger partial charge in [0.25, 0.3) is 0 Å². The number of carbonyl (C=O) groups excluding carboxylic acids is 1. The topological polar surface area (TPSA) is 62.1 Å². The van der Waals surface area contributed by atoms with Crippen molar-refractivity contribution in [3.8, 4) is 23.7 Å². The van der Waals surface area contributed by atoms with E-state index in [4.69, 9.17) is 5.26 Å². The zero-order valence-electron chi connectivity index (χ0n) is 14.4. The first kappa shape index (κ1) is 20.8. The number of nitriles is 1. The second kappa shape index (κ2) is 9.43. The molecule has 1 N–H and O–H groups in total. The minimum absolute atomic E-state index is 0.0738. The first-order valence-corrected chi connectivity index (χ1v) is 8.07. The predicted octanol–water partition coefficient (Wildman–Crippen LogP) is 4.56. The number of anilines is 1. The number of halogens is 4. The number of nitrogens with one attached hydrogen (secondary N) is 1. The fourth-order valence-electron chi connectivity index (χ4n) is 2.21. The molecule has 0 aromatic heterocycles. The van der Waals surface area contributed by atoms with Crippen molar-refractivity contribution in [2.75, 3.05) is 5.32 Å². The number of amides is 1. The van der Waals surface area contributed by atoms with Gasteiger partial charge in [0.1, 0.15) is 11.6 Å². The third-order valence-corrected chi connectivity index (χ3v) is 3.33. The van der Waals surface area contributed by atoms with Gasteiger partial charge >= 0.3 is 6.36 Å². The smallest absolute Gasteiger partial charge is 0.406 e. The van der Waals surface area contributed by atoms with E-state index in [-0.39, 0.29) is 24.1 Å². The van der Waals surface area contributed by atoms with Crippen molar-refractivity contribution < 1.29 is 27.1 Å². The Labute approximate surface area is 158 Å². The summed E-state index contributed by atoms with van der Waals surface area (Å²) >= 11 is 0. The van der Waals surface area contributed by atoms with Crippen LogP contribution < -0.4 is 10.1 Å². The van der Waals surface area contributed by atoms with E-state index in [1.54, 1.807) is 0 Å². The minimum atomic E-state index is -4.83. The third-order valence-electron chi connectivity index (χ3n) is 3.33. The molecule has 0 saturated carbocycles. The number of ether oxygens (including phenoxy) is 1. The summed E-state index contributed by atoms with van der Waals surface area (Å²) in [6.45, 7) is 0. The standard InChI is InChI=1S/C20H14F4N2O2/c21-17-12-14(5-2-1-3-10-25)8-9-18(17)26-19(27)13-15-6-4-7-16(11-15)28-20(22,23)24/h4,6-9,11-12H,1,3,13H2,(H,26,27). The maximum atomic E-state index is 14.1. The van der Waals surface area contributed by atoms with Crippen LogP contribution in [-0.4, -0.2) is 12.3 Å². The van der Waals surface area contributed by atoms with Crippen LogP contribution in [-0.2, 0) is 11.2 Å². The molecule has 144 valence electrons. The number of carbonyl (C=O) groups is 1. The molecule has 0 bridgehead atoms. The monoisotopic (exact) mass is 390 g/mol. The number of nitrogens with zero attached hydrogens (tertiary/aromatic N) is 1. The van der Waals surface area contributed by atoms with Crippen LogP contribution in [0.25, 0.3) is 0 Å². The molecule has 0 heterocycles. The highest BCUT2D eigenvalue weighted by molar-refractivity contribution is 5.92. The number of hydrogen-bond donors (Lipinski definition) is 1. The summed E-state index contributed by atoms with van der Waals surface area (Å²) in [4.78, 5) is 12.1. The Bertz CT molecular complexity index is 953. The van der Waals surface area contributed by atoms with Gasteiger partial charge in [0.2, 0.25) is 5.91 Å². The lowest BCUT2D eigenvalue weighted by Gasteiger charge is -2.10. The lowest BCUT2D eigenvalue weighted by Crippen LogP contribution is -2.18. The second-order valence-corrected chi connectivity index (χ2v) is 5.57. The fourth-order valence-corrected chi connectivity index (χ4v) is 2.21. The average Bonchev–Trinajstić information content (AvgIpc) is 2.60. The van der Waals surface area contributed by atoms with Gasteiger partial charge in [-0.3, -0.25) is 4.79 Å². The second-order valence-electron chi connectivity index (χ2n) is 5.57. The highest BCUT2D eigenvalue weighted by atomic mass is 19.4. The van der Waals surface area contributed by atoms with Gasteiger partial charge in [0, 0.05) is 18.4 Å². The molecule has 0 saturated heterocycles. The molecule has 8 heteroatoms. The van der Waals surface area contributed by atoms with Crippen LogP contribution in [0.3, 0.4) is 0 Å². The van der Waals surface area contributed by atoms with Crippen molar-refractivity contribution in [1.29, 1.82) is 5.26 Å². The van der Waals surface area contributed by atoms with E-state index < -0.39 is 23.8 Å².